The van der Waals surface area contributed by atoms with Crippen molar-refractivity contribution >= 4 is 23.1 Å². The first kappa shape index (κ1) is 15.3. The molecule has 0 unspecified atom stereocenters. The number of ether oxygens (including phenoxy) is 1. The fourth-order valence-electron chi connectivity index (χ4n) is 1.94. The molecule has 0 aliphatic heterocycles. The molecule has 2 rings (SSSR count). The predicted molar refractivity (Wildman–Crippen MR) is 77.3 cm³/mol. The number of halogens is 1. The molecule has 0 saturated carbocycles. The molecule has 0 aromatic heterocycles. The summed E-state index contributed by atoms with van der Waals surface area (Å²) < 4.78 is 6.48. The molecule has 0 heterocycles. The normalized spacial score (nSPS) is 11.3. The SMILES string of the molecule is CC(=O)O/C(=[C](\[Hg][Cl])c1ccccc1)c1ccccc1. The van der Waals surface area contributed by atoms with Gasteiger partial charge in [-0.2, -0.15) is 0 Å². The molecule has 0 amide bonds. The van der Waals surface area contributed by atoms with Gasteiger partial charge in [0.25, 0.3) is 0 Å². The minimum absolute atomic E-state index is 0.323. The minimum atomic E-state index is -1.81. The van der Waals surface area contributed by atoms with Gasteiger partial charge in [-0.3, -0.25) is 0 Å². The maximum absolute atomic E-state index is 11.4. The van der Waals surface area contributed by atoms with Crippen LogP contribution in [0.2, 0.25) is 0 Å². The fraction of sp³-hybridized carbons (Fsp3) is 0.0625. The van der Waals surface area contributed by atoms with Crippen LogP contribution < -0.4 is 0 Å². The van der Waals surface area contributed by atoms with Crippen molar-refractivity contribution in [3.8, 4) is 0 Å². The van der Waals surface area contributed by atoms with Crippen molar-refractivity contribution < 1.29 is 32.9 Å². The second-order valence-electron chi connectivity index (χ2n) is 4.27. The first-order valence-corrected chi connectivity index (χ1v) is 15.8. The molecule has 98 valence electrons. The van der Waals surface area contributed by atoms with Crippen LogP contribution in [0, 0.1) is 0 Å². The maximum atomic E-state index is 11.4. The van der Waals surface area contributed by atoms with Crippen LogP contribution in [0.25, 0.3) is 8.84 Å². The number of carbonyl (C=O) groups excluding carboxylic acids is 1. The summed E-state index contributed by atoms with van der Waals surface area (Å²) in [6.07, 6.45) is 0. The van der Waals surface area contributed by atoms with Gasteiger partial charge in [0.15, 0.2) is 0 Å². The predicted octanol–water partition coefficient (Wildman–Crippen LogP) is 4.31. The second kappa shape index (κ2) is 7.60. The summed E-state index contributed by atoms with van der Waals surface area (Å²) in [5.41, 5.74) is 1.94. The van der Waals surface area contributed by atoms with Crippen molar-refractivity contribution in [3.63, 3.8) is 0 Å². The van der Waals surface area contributed by atoms with E-state index < -0.39 is 23.3 Å². The third-order valence-corrected chi connectivity index (χ3v) is 9.03. The molecule has 0 bridgehead atoms. The van der Waals surface area contributed by atoms with Crippen LogP contribution >= 0.6 is 8.25 Å². The Kier molecular flexibility index (Phi) is 5.80. The molecule has 0 radical (unpaired) electrons. The second-order valence-corrected chi connectivity index (χ2v) is 10.4. The van der Waals surface area contributed by atoms with E-state index in [4.69, 9.17) is 13.0 Å². The van der Waals surface area contributed by atoms with E-state index in [1.807, 2.05) is 60.7 Å². The van der Waals surface area contributed by atoms with Gasteiger partial charge in [-0.15, -0.1) is 0 Å². The number of hydrogen-bond acceptors (Lipinski definition) is 2. The van der Waals surface area contributed by atoms with Crippen molar-refractivity contribution in [1.29, 1.82) is 0 Å². The van der Waals surface area contributed by atoms with E-state index in [1.165, 1.54) is 6.92 Å². The molecule has 0 aliphatic rings. The zero-order valence-electron chi connectivity index (χ0n) is 11.2. The van der Waals surface area contributed by atoms with Crippen LogP contribution in [0.1, 0.15) is 18.1 Å². The van der Waals surface area contributed by atoms with Crippen LogP contribution in [-0.4, -0.2) is 5.97 Å². The van der Waals surface area contributed by atoms with Gasteiger partial charge in [0.1, 0.15) is 0 Å². The van der Waals surface area contributed by atoms with E-state index in [9.17, 15) is 4.79 Å². The standard InChI is InChI=1S/C16H13O2.ClH.Hg/c1-13(17)18-16(15-10-6-3-7-11-15)12-14-8-4-2-5-9-14;;/h2-11H,1H3;1H;/q;;+1/p-1. The first-order valence-electron chi connectivity index (χ1n) is 6.30. The summed E-state index contributed by atoms with van der Waals surface area (Å²) in [6, 6.07) is 19.5. The van der Waals surface area contributed by atoms with Gasteiger partial charge in [-0.05, 0) is 0 Å². The van der Waals surface area contributed by atoms with Gasteiger partial charge >= 0.3 is 135 Å². The van der Waals surface area contributed by atoms with Crippen LogP contribution in [-0.2, 0) is 32.9 Å². The van der Waals surface area contributed by atoms with Crippen LogP contribution in [0.5, 0.6) is 0 Å². The third kappa shape index (κ3) is 3.93. The average Bonchev–Trinajstić information content (AvgIpc) is 2.49. The number of benzene rings is 2. The third-order valence-electron chi connectivity index (χ3n) is 2.81. The Hall–Kier alpha value is -1.12. The molecule has 0 aliphatic carbocycles. The molecule has 4 heteroatoms. The van der Waals surface area contributed by atoms with Crippen molar-refractivity contribution in [2.45, 2.75) is 6.92 Å². The molecule has 0 N–H and O–H groups in total. The molecule has 0 atom stereocenters. The molecule has 20 heavy (non-hydrogen) atoms. The van der Waals surface area contributed by atoms with Gasteiger partial charge < -0.3 is 0 Å². The van der Waals surface area contributed by atoms with Crippen LogP contribution in [0.3, 0.4) is 0 Å². The van der Waals surface area contributed by atoms with Gasteiger partial charge in [-0.25, -0.2) is 0 Å². The summed E-state index contributed by atoms with van der Waals surface area (Å²) in [6.45, 7) is 1.41. The van der Waals surface area contributed by atoms with Crippen molar-refractivity contribution in [2.24, 2.45) is 0 Å². The van der Waals surface area contributed by atoms with E-state index in [0.717, 1.165) is 14.2 Å². The van der Waals surface area contributed by atoms with Gasteiger partial charge in [-0.1, -0.05) is 0 Å². The molecule has 2 aromatic carbocycles. The van der Waals surface area contributed by atoms with Gasteiger partial charge in [0, 0.05) is 0 Å². The number of rotatable bonds is 4. The van der Waals surface area contributed by atoms with E-state index >= 15 is 0 Å². The Labute approximate surface area is 134 Å². The van der Waals surface area contributed by atoms with Crippen molar-refractivity contribution in [1.82, 2.24) is 0 Å². The summed E-state index contributed by atoms with van der Waals surface area (Å²) in [5.74, 6) is 0.289. The quantitative estimate of drug-likeness (QED) is 0.287. The summed E-state index contributed by atoms with van der Waals surface area (Å²) in [7, 11) is 6.30. The Balaban J connectivity index is 2.58. The topological polar surface area (TPSA) is 26.3 Å². The number of carbonyl (C=O) groups is 1. The summed E-state index contributed by atoms with van der Waals surface area (Å²) in [4.78, 5) is 11.4. The van der Waals surface area contributed by atoms with Gasteiger partial charge in [0.05, 0.1) is 0 Å². The average molecular weight is 473 g/mol. The Morgan fingerprint density at radius 3 is 1.90 bits per heavy atom. The van der Waals surface area contributed by atoms with Crippen LogP contribution in [0.4, 0.5) is 0 Å². The molecular weight excluding hydrogens is 460 g/mol. The first-order chi connectivity index (χ1) is 9.72. The van der Waals surface area contributed by atoms with Crippen molar-refractivity contribution in [3.05, 3.63) is 71.8 Å². The Morgan fingerprint density at radius 1 is 0.950 bits per heavy atom. The van der Waals surface area contributed by atoms with E-state index in [1.54, 1.807) is 0 Å². The van der Waals surface area contributed by atoms with Gasteiger partial charge in [0.2, 0.25) is 0 Å². The van der Waals surface area contributed by atoms with Crippen molar-refractivity contribution in [2.75, 3.05) is 0 Å². The van der Waals surface area contributed by atoms with E-state index in [-0.39, 0.29) is 5.97 Å². The van der Waals surface area contributed by atoms with E-state index in [0.29, 0.717) is 5.76 Å². The summed E-state index contributed by atoms with van der Waals surface area (Å²) >= 11 is -1.81. The summed E-state index contributed by atoms with van der Waals surface area (Å²) in [5, 5.41) is 0. The van der Waals surface area contributed by atoms with Crippen LogP contribution in [0.15, 0.2) is 60.7 Å². The fourth-order valence-corrected chi connectivity index (χ4v) is 7.42. The number of hydrogen-bond donors (Lipinski definition) is 0. The zero-order valence-corrected chi connectivity index (χ0v) is 17.4. The molecule has 2 aromatic rings. The monoisotopic (exact) mass is 474 g/mol. The molecule has 0 spiro atoms. The van der Waals surface area contributed by atoms with E-state index in [2.05, 4.69) is 0 Å². The Morgan fingerprint density at radius 2 is 1.45 bits per heavy atom. The molecule has 0 fully saturated rings. The molecule has 0 saturated heterocycles. The molecular formula is C16H13ClHgO2. The zero-order chi connectivity index (χ0) is 14.4. The Bertz CT molecular complexity index is 609. The molecule has 2 nitrogen and oxygen atoms in total. The number of esters is 1.